The van der Waals surface area contributed by atoms with Crippen LogP contribution >= 0.6 is 0 Å². The average Bonchev–Trinajstić information content (AvgIpc) is 2.37. The van der Waals surface area contributed by atoms with Crippen LogP contribution in [0.15, 0.2) is 0 Å². The molecule has 18 heavy (non-hydrogen) atoms. The predicted molar refractivity (Wildman–Crippen MR) is 73.6 cm³/mol. The molecule has 0 aromatic heterocycles. The molecule has 0 spiro atoms. The Bertz CT molecular complexity index is 244. The highest BCUT2D eigenvalue weighted by atomic mass is 16.5. The summed E-state index contributed by atoms with van der Waals surface area (Å²) < 4.78 is 5.21. The molecule has 2 unspecified atom stereocenters. The smallest absolute Gasteiger partial charge is 0.323 e. The molecule has 0 aromatic rings. The van der Waals surface area contributed by atoms with Crippen molar-refractivity contribution in [1.29, 1.82) is 0 Å². The number of likely N-dealkylation sites (tertiary alicyclic amines) is 1. The van der Waals surface area contributed by atoms with Crippen LogP contribution in [0.25, 0.3) is 0 Å². The molecule has 1 aliphatic heterocycles. The lowest BCUT2D eigenvalue weighted by Gasteiger charge is -2.37. The molecule has 1 N–H and O–H groups in total. The van der Waals surface area contributed by atoms with E-state index in [1.54, 1.807) is 0 Å². The SMILES string of the molecule is CCCC(C(=O)OCC)N1CCCC(CNC)C1. The van der Waals surface area contributed by atoms with Gasteiger partial charge in [-0.25, -0.2) is 0 Å². The lowest BCUT2D eigenvalue weighted by Crippen LogP contribution is -2.48. The van der Waals surface area contributed by atoms with Gasteiger partial charge in [-0.15, -0.1) is 0 Å². The Labute approximate surface area is 111 Å². The molecule has 0 bridgehead atoms. The van der Waals surface area contributed by atoms with Crippen LogP contribution in [-0.2, 0) is 9.53 Å². The Hall–Kier alpha value is -0.610. The van der Waals surface area contributed by atoms with Crippen molar-refractivity contribution >= 4 is 5.97 Å². The van der Waals surface area contributed by atoms with Crippen LogP contribution in [0.2, 0.25) is 0 Å². The molecule has 0 radical (unpaired) electrons. The van der Waals surface area contributed by atoms with E-state index in [0.29, 0.717) is 12.5 Å². The topological polar surface area (TPSA) is 41.6 Å². The van der Waals surface area contributed by atoms with E-state index < -0.39 is 0 Å². The van der Waals surface area contributed by atoms with Gasteiger partial charge in [0.15, 0.2) is 0 Å². The van der Waals surface area contributed by atoms with Crippen LogP contribution in [0.5, 0.6) is 0 Å². The van der Waals surface area contributed by atoms with Crippen molar-refractivity contribution in [3.05, 3.63) is 0 Å². The van der Waals surface area contributed by atoms with Crippen LogP contribution in [0.4, 0.5) is 0 Å². The lowest BCUT2D eigenvalue weighted by molar-refractivity contribution is -0.150. The first-order valence-electron chi connectivity index (χ1n) is 7.28. The molecule has 2 atom stereocenters. The summed E-state index contributed by atoms with van der Waals surface area (Å²) in [6, 6.07) is -0.0328. The molecule has 1 fully saturated rings. The third-order valence-electron chi connectivity index (χ3n) is 3.60. The van der Waals surface area contributed by atoms with E-state index in [4.69, 9.17) is 4.74 Å². The first-order chi connectivity index (χ1) is 8.72. The molecule has 0 aliphatic carbocycles. The Morgan fingerprint density at radius 1 is 1.50 bits per heavy atom. The maximum absolute atomic E-state index is 12.0. The Morgan fingerprint density at radius 3 is 2.89 bits per heavy atom. The number of hydrogen-bond acceptors (Lipinski definition) is 4. The molecule has 1 heterocycles. The van der Waals surface area contributed by atoms with E-state index >= 15 is 0 Å². The molecule has 4 heteroatoms. The standard InChI is InChI=1S/C14H28N2O2/c1-4-7-13(14(17)18-5-2)16-9-6-8-12(11-16)10-15-3/h12-13,15H,4-11H2,1-3H3. The Morgan fingerprint density at radius 2 is 2.28 bits per heavy atom. The second-order valence-electron chi connectivity index (χ2n) is 5.12. The van der Waals surface area contributed by atoms with Crippen molar-refractivity contribution in [3.63, 3.8) is 0 Å². The van der Waals surface area contributed by atoms with E-state index in [1.807, 2.05) is 14.0 Å². The Kier molecular flexibility index (Phi) is 7.28. The van der Waals surface area contributed by atoms with Crippen molar-refractivity contribution < 1.29 is 9.53 Å². The molecule has 4 nitrogen and oxygen atoms in total. The summed E-state index contributed by atoms with van der Waals surface area (Å²) in [6.45, 7) is 7.57. The molecule has 1 rings (SSSR count). The van der Waals surface area contributed by atoms with Gasteiger partial charge in [-0.2, -0.15) is 0 Å². The second-order valence-corrected chi connectivity index (χ2v) is 5.12. The summed E-state index contributed by atoms with van der Waals surface area (Å²) in [4.78, 5) is 14.3. The number of nitrogens with one attached hydrogen (secondary N) is 1. The zero-order valence-corrected chi connectivity index (χ0v) is 12.1. The van der Waals surface area contributed by atoms with Crippen LogP contribution in [0.1, 0.15) is 39.5 Å². The number of carbonyl (C=O) groups is 1. The van der Waals surface area contributed by atoms with Gasteiger partial charge in [0.1, 0.15) is 6.04 Å². The van der Waals surface area contributed by atoms with E-state index in [9.17, 15) is 4.79 Å². The normalized spacial score (nSPS) is 22.7. The summed E-state index contributed by atoms with van der Waals surface area (Å²) in [7, 11) is 1.99. The highest BCUT2D eigenvalue weighted by molar-refractivity contribution is 5.75. The minimum absolute atomic E-state index is 0.0328. The highest BCUT2D eigenvalue weighted by Gasteiger charge is 2.30. The van der Waals surface area contributed by atoms with E-state index in [0.717, 1.165) is 32.5 Å². The zero-order chi connectivity index (χ0) is 13.4. The monoisotopic (exact) mass is 256 g/mol. The minimum atomic E-state index is -0.0375. The third kappa shape index (κ3) is 4.58. The molecular weight excluding hydrogens is 228 g/mol. The fraction of sp³-hybridized carbons (Fsp3) is 0.929. The third-order valence-corrected chi connectivity index (χ3v) is 3.60. The molecule has 1 saturated heterocycles. The lowest BCUT2D eigenvalue weighted by atomic mass is 9.95. The van der Waals surface area contributed by atoms with Gasteiger partial charge in [0.25, 0.3) is 0 Å². The second kappa shape index (κ2) is 8.48. The predicted octanol–water partition coefficient (Wildman–Crippen LogP) is 1.65. The summed E-state index contributed by atoms with van der Waals surface area (Å²) in [5.41, 5.74) is 0. The van der Waals surface area contributed by atoms with Gasteiger partial charge < -0.3 is 10.1 Å². The quantitative estimate of drug-likeness (QED) is 0.703. The fourth-order valence-corrected chi connectivity index (χ4v) is 2.80. The summed E-state index contributed by atoms with van der Waals surface area (Å²) in [5, 5.41) is 3.24. The average molecular weight is 256 g/mol. The van der Waals surface area contributed by atoms with Crippen LogP contribution in [0, 0.1) is 5.92 Å². The van der Waals surface area contributed by atoms with Gasteiger partial charge in [0.2, 0.25) is 0 Å². The summed E-state index contributed by atoms with van der Waals surface area (Å²) in [5.74, 6) is 0.627. The number of ether oxygens (including phenoxy) is 1. The molecule has 0 saturated carbocycles. The van der Waals surface area contributed by atoms with Gasteiger partial charge in [-0.1, -0.05) is 13.3 Å². The van der Waals surface area contributed by atoms with Gasteiger partial charge in [0, 0.05) is 6.54 Å². The van der Waals surface area contributed by atoms with Gasteiger partial charge in [-0.3, -0.25) is 9.69 Å². The zero-order valence-electron chi connectivity index (χ0n) is 12.1. The van der Waals surface area contributed by atoms with Crippen molar-refractivity contribution in [1.82, 2.24) is 10.2 Å². The van der Waals surface area contributed by atoms with Crippen LogP contribution < -0.4 is 5.32 Å². The summed E-state index contributed by atoms with van der Waals surface area (Å²) in [6.07, 6.45) is 4.38. The van der Waals surface area contributed by atoms with Gasteiger partial charge >= 0.3 is 5.97 Å². The summed E-state index contributed by atoms with van der Waals surface area (Å²) >= 11 is 0. The number of rotatable bonds is 7. The molecule has 1 aliphatic rings. The molecular formula is C14H28N2O2. The largest absolute Gasteiger partial charge is 0.465 e. The van der Waals surface area contributed by atoms with Crippen molar-refractivity contribution in [2.75, 3.05) is 33.3 Å². The van der Waals surface area contributed by atoms with Crippen molar-refractivity contribution in [2.45, 2.75) is 45.6 Å². The number of piperidine rings is 1. The van der Waals surface area contributed by atoms with E-state index in [-0.39, 0.29) is 12.0 Å². The maximum atomic E-state index is 12.0. The molecule has 0 amide bonds. The molecule has 106 valence electrons. The number of hydrogen-bond donors (Lipinski definition) is 1. The number of nitrogens with zero attached hydrogens (tertiary/aromatic N) is 1. The maximum Gasteiger partial charge on any atom is 0.323 e. The first-order valence-corrected chi connectivity index (χ1v) is 7.28. The van der Waals surface area contributed by atoms with Crippen LogP contribution in [-0.4, -0.2) is 50.2 Å². The van der Waals surface area contributed by atoms with E-state index in [2.05, 4.69) is 17.1 Å². The first kappa shape index (κ1) is 15.4. The highest BCUT2D eigenvalue weighted by Crippen LogP contribution is 2.20. The van der Waals surface area contributed by atoms with E-state index in [1.165, 1.54) is 12.8 Å². The Balaban J connectivity index is 2.57. The van der Waals surface area contributed by atoms with Crippen molar-refractivity contribution in [2.24, 2.45) is 5.92 Å². The van der Waals surface area contributed by atoms with Gasteiger partial charge in [0.05, 0.1) is 6.61 Å². The number of carbonyl (C=O) groups excluding carboxylic acids is 1. The van der Waals surface area contributed by atoms with Crippen LogP contribution in [0.3, 0.4) is 0 Å². The molecule has 0 aromatic carbocycles. The van der Waals surface area contributed by atoms with Crippen molar-refractivity contribution in [3.8, 4) is 0 Å². The minimum Gasteiger partial charge on any atom is -0.465 e. The fourth-order valence-electron chi connectivity index (χ4n) is 2.80. The van der Waals surface area contributed by atoms with Gasteiger partial charge in [-0.05, 0) is 52.2 Å². The number of esters is 1.